The van der Waals surface area contributed by atoms with E-state index in [-0.39, 0.29) is 10.9 Å². The number of rotatable bonds is 4. The van der Waals surface area contributed by atoms with Crippen molar-refractivity contribution in [3.05, 3.63) is 58.4 Å². The summed E-state index contributed by atoms with van der Waals surface area (Å²) in [5.74, 6) is -0.682. The van der Waals surface area contributed by atoms with Gasteiger partial charge in [-0.1, -0.05) is 23.7 Å². The molecule has 0 aliphatic heterocycles. The highest BCUT2D eigenvalue weighted by molar-refractivity contribution is 6.33. The molecule has 1 amide bonds. The number of amides is 1. The van der Waals surface area contributed by atoms with Crippen molar-refractivity contribution in [3.63, 3.8) is 0 Å². The van der Waals surface area contributed by atoms with Gasteiger partial charge < -0.3 is 10.6 Å². The van der Waals surface area contributed by atoms with Crippen molar-refractivity contribution in [2.24, 2.45) is 0 Å². The summed E-state index contributed by atoms with van der Waals surface area (Å²) in [5.41, 5.74) is 3.55. The second-order valence-electron chi connectivity index (χ2n) is 5.23. The molecule has 0 heterocycles. The van der Waals surface area contributed by atoms with Gasteiger partial charge in [0.25, 0.3) is 0 Å². The summed E-state index contributed by atoms with van der Waals surface area (Å²) in [6.07, 6.45) is 0. The Morgan fingerprint density at radius 2 is 1.91 bits per heavy atom. The monoisotopic (exact) mass is 320 g/mol. The first-order valence-electron chi connectivity index (χ1n) is 6.97. The normalized spacial score (nSPS) is 11.9. The van der Waals surface area contributed by atoms with E-state index in [1.165, 1.54) is 18.2 Å². The van der Waals surface area contributed by atoms with Gasteiger partial charge in [0.1, 0.15) is 11.9 Å². The molecule has 5 heteroatoms. The first kappa shape index (κ1) is 16.3. The van der Waals surface area contributed by atoms with Crippen LogP contribution < -0.4 is 10.6 Å². The molecule has 0 aromatic heterocycles. The van der Waals surface area contributed by atoms with Gasteiger partial charge in [-0.2, -0.15) is 0 Å². The van der Waals surface area contributed by atoms with E-state index in [0.29, 0.717) is 5.69 Å². The molecule has 2 aromatic rings. The molecule has 22 heavy (non-hydrogen) atoms. The maximum atomic E-state index is 13.0. The van der Waals surface area contributed by atoms with E-state index < -0.39 is 11.9 Å². The number of hydrogen-bond donors (Lipinski definition) is 2. The van der Waals surface area contributed by atoms with Crippen LogP contribution in [0.25, 0.3) is 0 Å². The minimum atomic E-state index is -0.457. The quantitative estimate of drug-likeness (QED) is 0.868. The van der Waals surface area contributed by atoms with Gasteiger partial charge >= 0.3 is 0 Å². The molecule has 0 saturated carbocycles. The number of anilines is 2. The van der Waals surface area contributed by atoms with Crippen LogP contribution in [-0.4, -0.2) is 11.9 Å². The van der Waals surface area contributed by atoms with E-state index in [1.54, 1.807) is 6.92 Å². The number of hydrogen-bond acceptors (Lipinski definition) is 2. The number of benzene rings is 2. The second kappa shape index (κ2) is 6.79. The molecule has 1 atom stereocenters. The fourth-order valence-electron chi connectivity index (χ4n) is 2.04. The summed E-state index contributed by atoms with van der Waals surface area (Å²) in [6, 6.07) is 9.29. The molecule has 0 aliphatic carbocycles. The smallest absolute Gasteiger partial charge is 0.246 e. The van der Waals surface area contributed by atoms with Crippen LogP contribution in [0, 0.1) is 19.7 Å². The van der Waals surface area contributed by atoms with Gasteiger partial charge in [-0.05, 0) is 56.2 Å². The maximum absolute atomic E-state index is 13.0. The molecule has 2 N–H and O–H groups in total. The maximum Gasteiger partial charge on any atom is 0.246 e. The van der Waals surface area contributed by atoms with Crippen molar-refractivity contribution in [2.45, 2.75) is 26.8 Å². The molecule has 0 fully saturated rings. The standard InChI is InChI=1S/C17H18ClFN2O/c1-10-5-4-6-15(11(10)2)20-12(3)17(22)21-16-8-7-13(19)9-14(16)18/h4-9,12,20H,1-3H3,(H,21,22). The van der Waals surface area contributed by atoms with Crippen molar-refractivity contribution < 1.29 is 9.18 Å². The molecular weight excluding hydrogens is 303 g/mol. The third-order valence-electron chi connectivity index (χ3n) is 3.56. The largest absolute Gasteiger partial charge is 0.374 e. The number of aryl methyl sites for hydroxylation is 1. The molecule has 2 aromatic carbocycles. The average molecular weight is 321 g/mol. The second-order valence-corrected chi connectivity index (χ2v) is 5.63. The number of carbonyl (C=O) groups is 1. The Hall–Kier alpha value is -2.07. The van der Waals surface area contributed by atoms with E-state index >= 15 is 0 Å². The molecular formula is C17H18ClFN2O. The summed E-state index contributed by atoms with van der Waals surface area (Å²) < 4.78 is 13.0. The lowest BCUT2D eigenvalue weighted by Crippen LogP contribution is -2.32. The van der Waals surface area contributed by atoms with Crippen LogP contribution in [0.5, 0.6) is 0 Å². The van der Waals surface area contributed by atoms with Crippen LogP contribution in [0.2, 0.25) is 5.02 Å². The summed E-state index contributed by atoms with van der Waals surface area (Å²) in [4.78, 5) is 12.2. The molecule has 0 bridgehead atoms. The summed E-state index contributed by atoms with van der Waals surface area (Å²) >= 11 is 5.91. The Bertz CT molecular complexity index is 703. The van der Waals surface area contributed by atoms with Crippen LogP contribution in [0.1, 0.15) is 18.1 Å². The molecule has 0 aliphatic rings. The van der Waals surface area contributed by atoms with E-state index in [0.717, 1.165) is 16.8 Å². The number of halogens is 2. The van der Waals surface area contributed by atoms with Gasteiger partial charge in [0.2, 0.25) is 5.91 Å². The van der Waals surface area contributed by atoms with Gasteiger partial charge in [-0.15, -0.1) is 0 Å². The highest BCUT2D eigenvalue weighted by atomic mass is 35.5. The lowest BCUT2D eigenvalue weighted by atomic mass is 10.1. The minimum Gasteiger partial charge on any atom is -0.374 e. The summed E-state index contributed by atoms with van der Waals surface area (Å²) in [7, 11) is 0. The number of carbonyl (C=O) groups excluding carboxylic acids is 1. The van der Waals surface area contributed by atoms with Crippen molar-refractivity contribution in [2.75, 3.05) is 10.6 Å². The molecule has 3 nitrogen and oxygen atoms in total. The molecule has 0 spiro atoms. The van der Waals surface area contributed by atoms with Crippen molar-refractivity contribution in [3.8, 4) is 0 Å². The predicted molar refractivity (Wildman–Crippen MR) is 89.0 cm³/mol. The third-order valence-corrected chi connectivity index (χ3v) is 3.87. The van der Waals surface area contributed by atoms with Gasteiger partial charge in [0, 0.05) is 5.69 Å². The lowest BCUT2D eigenvalue weighted by molar-refractivity contribution is -0.116. The topological polar surface area (TPSA) is 41.1 Å². The zero-order chi connectivity index (χ0) is 16.3. The van der Waals surface area contributed by atoms with E-state index in [9.17, 15) is 9.18 Å². The molecule has 1 unspecified atom stereocenters. The Morgan fingerprint density at radius 3 is 2.59 bits per heavy atom. The first-order chi connectivity index (χ1) is 10.4. The Labute approximate surface area is 134 Å². The third kappa shape index (κ3) is 3.77. The van der Waals surface area contributed by atoms with Gasteiger partial charge in [-0.3, -0.25) is 4.79 Å². The fraction of sp³-hybridized carbons (Fsp3) is 0.235. The zero-order valence-corrected chi connectivity index (χ0v) is 13.5. The molecule has 0 radical (unpaired) electrons. The Kier molecular flexibility index (Phi) is 5.03. The zero-order valence-electron chi connectivity index (χ0n) is 12.7. The average Bonchev–Trinajstić information content (AvgIpc) is 2.46. The van der Waals surface area contributed by atoms with Crippen molar-refractivity contribution >= 4 is 28.9 Å². The SMILES string of the molecule is Cc1cccc(NC(C)C(=O)Nc2ccc(F)cc2Cl)c1C. The van der Waals surface area contributed by atoms with Crippen molar-refractivity contribution in [1.29, 1.82) is 0 Å². The lowest BCUT2D eigenvalue weighted by Gasteiger charge is -2.18. The molecule has 116 valence electrons. The van der Waals surface area contributed by atoms with Crippen molar-refractivity contribution in [1.82, 2.24) is 0 Å². The van der Waals surface area contributed by atoms with Gasteiger partial charge in [0.05, 0.1) is 10.7 Å². The summed E-state index contributed by atoms with van der Waals surface area (Å²) in [6.45, 7) is 5.78. The Balaban J connectivity index is 2.07. The molecule has 2 rings (SSSR count). The van der Waals surface area contributed by atoms with E-state index in [1.807, 2.05) is 32.0 Å². The van der Waals surface area contributed by atoms with Crippen LogP contribution in [0.3, 0.4) is 0 Å². The van der Waals surface area contributed by atoms with Gasteiger partial charge in [-0.25, -0.2) is 4.39 Å². The van der Waals surface area contributed by atoms with Crippen LogP contribution in [0.4, 0.5) is 15.8 Å². The summed E-state index contributed by atoms with van der Waals surface area (Å²) in [5, 5.41) is 6.04. The van der Waals surface area contributed by atoms with Crippen LogP contribution >= 0.6 is 11.6 Å². The Morgan fingerprint density at radius 1 is 1.18 bits per heavy atom. The molecule has 0 saturated heterocycles. The van der Waals surface area contributed by atoms with Crippen LogP contribution in [0.15, 0.2) is 36.4 Å². The van der Waals surface area contributed by atoms with Crippen LogP contribution in [-0.2, 0) is 4.79 Å². The number of nitrogens with one attached hydrogen (secondary N) is 2. The minimum absolute atomic E-state index is 0.173. The predicted octanol–water partition coefficient (Wildman–Crippen LogP) is 4.54. The fourth-order valence-corrected chi connectivity index (χ4v) is 2.25. The van der Waals surface area contributed by atoms with Gasteiger partial charge in [0.15, 0.2) is 0 Å². The first-order valence-corrected chi connectivity index (χ1v) is 7.35. The highest BCUT2D eigenvalue weighted by Crippen LogP contribution is 2.23. The van der Waals surface area contributed by atoms with E-state index in [2.05, 4.69) is 10.6 Å². The van der Waals surface area contributed by atoms with E-state index in [4.69, 9.17) is 11.6 Å². The highest BCUT2D eigenvalue weighted by Gasteiger charge is 2.15.